The SMILES string of the molecule is COc1cc(C(=O)OCC(=O)N[C@@H](C)c2cccs2)cc(OC)c1OC. The van der Waals surface area contributed by atoms with E-state index in [0.29, 0.717) is 17.2 Å². The summed E-state index contributed by atoms with van der Waals surface area (Å²) in [5, 5.41) is 4.71. The van der Waals surface area contributed by atoms with Crippen molar-refractivity contribution in [3.8, 4) is 17.2 Å². The molecule has 0 spiro atoms. The highest BCUT2D eigenvalue weighted by Crippen LogP contribution is 2.38. The summed E-state index contributed by atoms with van der Waals surface area (Å²) in [4.78, 5) is 25.2. The van der Waals surface area contributed by atoms with Crippen LogP contribution in [0.3, 0.4) is 0 Å². The summed E-state index contributed by atoms with van der Waals surface area (Å²) < 4.78 is 20.7. The Morgan fingerprint density at radius 2 is 1.77 bits per heavy atom. The smallest absolute Gasteiger partial charge is 0.338 e. The van der Waals surface area contributed by atoms with E-state index in [1.807, 2.05) is 24.4 Å². The maximum atomic E-state index is 12.2. The van der Waals surface area contributed by atoms with Crippen LogP contribution in [0.2, 0.25) is 0 Å². The van der Waals surface area contributed by atoms with Crippen molar-refractivity contribution in [2.24, 2.45) is 0 Å². The van der Waals surface area contributed by atoms with Gasteiger partial charge in [0.1, 0.15) is 0 Å². The number of methoxy groups -OCH3 is 3. The first-order valence-electron chi connectivity index (χ1n) is 7.80. The van der Waals surface area contributed by atoms with Gasteiger partial charge in [-0.15, -0.1) is 11.3 Å². The molecule has 0 aliphatic carbocycles. The number of rotatable bonds is 8. The first-order chi connectivity index (χ1) is 12.5. The number of benzene rings is 1. The van der Waals surface area contributed by atoms with E-state index < -0.39 is 5.97 Å². The Kier molecular flexibility index (Phi) is 6.85. The zero-order valence-electron chi connectivity index (χ0n) is 15.0. The molecular weight excluding hydrogens is 358 g/mol. The van der Waals surface area contributed by atoms with Crippen LogP contribution in [0, 0.1) is 0 Å². The second kappa shape index (κ2) is 9.10. The normalized spacial score (nSPS) is 11.4. The molecule has 0 saturated carbocycles. The zero-order chi connectivity index (χ0) is 19.1. The van der Waals surface area contributed by atoms with E-state index in [1.54, 1.807) is 11.3 Å². The Hall–Kier alpha value is -2.74. The first-order valence-corrected chi connectivity index (χ1v) is 8.68. The maximum absolute atomic E-state index is 12.2. The predicted octanol–water partition coefficient (Wildman–Crippen LogP) is 2.81. The highest BCUT2D eigenvalue weighted by atomic mass is 32.1. The molecule has 1 aromatic heterocycles. The fourth-order valence-electron chi connectivity index (χ4n) is 2.31. The molecule has 1 amide bonds. The zero-order valence-corrected chi connectivity index (χ0v) is 15.8. The van der Waals surface area contributed by atoms with E-state index >= 15 is 0 Å². The Balaban J connectivity index is 2.00. The van der Waals surface area contributed by atoms with Crippen LogP contribution in [0.15, 0.2) is 29.6 Å². The lowest BCUT2D eigenvalue weighted by atomic mass is 10.2. The number of esters is 1. The quantitative estimate of drug-likeness (QED) is 0.710. The molecule has 26 heavy (non-hydrogen) atoms. The molecule has 0 fully saturated rings. The molecule has 0 aliphatic rings. The van der Waals surface area contributed by atoms with Gasteiger partial charge in [-0.05, 0) is 30.5 Å². The van der Waals surface area contributed by atoms with Crippen molar-refractivity contribution in [2.45, 2.75) is 13.0 Å². The Morgan fingerprint density at radius 3 is 2.27 bits per heavy atom. The molecule has 0 bridgehead atoms. The van der Waals surface area contributed by atoms with Gasteiger partial charge < -0.3 is 24.3 Å². The number of ether oxygens (including phenoxy) is 4. The van der Waals surface area contributed by atoms with Crippen molar-refractivity contribution in [1.29, 1.82) is 0 Å². The third-order valence-corrected chi connectivity index (χ3v) is 4.64. The summed E-state index contributed by atoms with van der Waals surface area (Å²) in [6, 6.07) is 6.62. The van der Waals surface area contributed by atoms with Crippen LogP contribution in [0.1, 0.15) is 28.2 Å². The lowest BCUT2D eigenvalue weighted by Crippen LogP contribution is -2.30. The molecule has 0 unspecified atom stereocenters. The molecule has 1 aromatic carbocycles. The lowest BCUT2D eigenvalue weighted by molar-refractivity contribution is -0.124. The largest absolute Gasteiger partial charge is 0.493 e. The molecule has 2 rings (SSSR count). The van der Waals surface area contributed by atoms with Gasteiger partial charge in [-0.25, -0.2) is 4.79 Å². The fraction of sp³-hybridized carbons (Fsp3) is 0.333. The number of carbonyl (C=O) groups excluding carboxylic acids is 2. The van der Waals surface area contributed by atoms with E-state index in [1.165, 1.54) is 33.5 Å². The second-order valence-electron chi connectivity index (χ2n) is 5.29. The number of hydrogen-bond donors (Lipinski definition) is 1. The van der Waals surface area contributed by atoms with Crippen LogP contribution in [0.5, 0.6) is 17.2 Å². The number of thiophene rings is 1. The van der Waals surface area contributed by atoms with E-state index in [0.717, 1.165) is 4.88 Å². The molecule has 140 valence electrons. The number of nitrogens with one attached hydrogen (secondary N) is 1. The summed E-state index contributed by atoms with van der Waals surface area (Å²) in [5.74, 6) is -0.0203. The Bertz CT molecular complexity index is 734. The van der Waals surface area contributed by atoms with Gasteiger partial charge in [-0.1, -0.05) is 6.07 Å². The van der Waals surface area contributed by atoms with Crippen molar-refractivity contribution in [3.63, 3.8) is 0 Å². The molecule has 7 nitrogen and oxygen atoms in total. The fourth-order valence-corrected chi connectivity index (χ4v) is 3.04. The Morgan fingerprint density at radius 1 is 1.12 bits per heavy atom. The molecule has 0 radical (unpaired) electrons. The third kappa shape index (κ3) is 4.66. The second-order valence-corrected chi connectivity index (χ2v) is 6.27. The van der Waals surface area contributed by atoms with Crippen molar-refractivity contribution in [3.05, 3.63) is 40.1 Å². The standard InChI is InChI=1S/C18H21NO6S/c1-11(15-6-5-7-26-15)19-16(20)10-25-18(21)12-8-13(22-2)17(24-4)14(9-12)23-3/h5-9,11H,10H2,1-4H3,(H,19,20)/t11-/m0/s1. The highest BCUT2D eigenvalue weighted by Gasteiger charge is 2.19. The van der Waals surface area contributed by atoms with Gasteiger partial charge >= 0.3 is 5.97 Å². The predicted molar refractivity (Wildman–Crippen MR) is 97.3 cm³/mol. The van der Waals surface area contributed by atoms with Crippen LogP contribution < -0.4 is 19.5 Å². The molecule has 8 heteroatoms. The molecule has 1 N–H and O–H groups in total. The lowest BCUT2D eigenvalue weighted by Gasteiger charge is -2.14. The van der Waals surface area contributed by atoms with Crippen molar-refractivity contribution >= 4 is 23.2 Å². The van der Waals surface area contributed by atoms with E-state index in [4.69, 9.17) is 18.9 Å². The van der Waals surface area contributed by atoms with Crippen molar-refractivity contribution in [2.75, 3.05) is 27.9 Å². The molecule has 2 aromatic rings. The molecule has 0 saturated heterocycles. The molecular formula is C18H21NO6S. The van der Waals surface area contributed by atoms with E-state index in [2.05, 4.69) is 5.32 Å². The summed E-state index contributed by atoms with van der Waals surface area (Å²) in [6.07, 6.45) is 0. The average Bonchev–Trinajstić information content (AvgIpc) is 3.19. The minimum absolute atomic E-state index is 0.151. The molecule has 0 aliphatic heterocycles. The van der Waals surface area contributed by atoms with Gasteiger partial charge in [-0.3, -0.25) is 4.79 Å². The summed E-state index contributed by atoms with van der Waals surface area (Å²) in [5.41, 5.74) is 0.193. The van der Waals surface area contributed by atoms with Crippen LogP contribution in [-0.2, 0) is 9.53 Å². The van der Waals surface area contributed by atoms with Gasteiger partial charge in [-0.2, -0.15) is 0 Å². The van der Waals surface area contributed by atoms with Crippen LogP contribution >= 0.6 is 11.3 Å². The van der Waals surface area contributed by atoms with Crippen molar-refractivity contribution in [1.82, 2.24) is 5.32 Å². The molecule has 1 atom stereocenters. The van der Waals surface area contributed by atoms with Gasteiger partial charge in [0.05, 0.1) is 32.9 Å². The third-order valence-electron chi connectivity index (χ3n) is 3.58. The van der Waals surface area contributed by atoms with Gasteiger partial charge in [0.2, 0.25) is 5.75 Å². The Labute approximate surface area is 155 Å². The van der Waals surface area contributed by atoms with Gasteiger partial charge in [0, 0.05) is 4.88 Å². The van der Waals surface area contributed by atoms with Crippen molar-refractivity contribution < 1.29 is 28.5 Å². The summed E-state index contributed by atoms with van der Waals surface area (Å²) in [6.45, 7) is 1.48. The number of carbonyl (C=O) groups is 2. The van der Waals surface area contributed by atoms with Crippen LogP contribution in [-0.4, -0.2) is 39.8 Å². The summed E-state index contributed by atoms with van der Waals surface area (Å²) in [7, 11) is 4.37. The monoisotopic (exact) mass is 379 g/mol. The number of hydrogen-bond acceptors (Lipinski definition) is 7. The van der Waals surface area contributed by atoms with E-state index in [-0.39, 0.29) is 24.1 Å². The summed E-state index contributed by atoms with van der Waals surface area (Å²) >= 11 is 1.54. The van der Waals surface area contributed by atoms with Crippen LogP contribution in [0.25, 0.3) is 0 Å². The minimum Gasteiger partial charge on any atom is -0.493 e. The van der Waals surface area contributed by atoms with E-state index in [9.17, 15) is 9.59 Å². The van der Waals surface area contributed by atoms with Gasteiger partial charge in [0.25, 0.3) is 5.91 Å². The molecule has 1 heterocycles. The average molecular weight is 379 g/mol. The van der Waals surface area contributed by atoms with Crippen LogP contribution in [0.4, 0.5) is 0 Å². The first kappa shape index (κ1) is 19.6. The highest BCUT2D eigenvalue weighted by molar-refractivity contribution is 7.10. The topological polar surface area (TPSA) is 83.1 Å². The van der Waals surface area contributed by atoms with Gasteiger partial charge in [0.15, 0.2) is 18.1 Å². The maximum Gasteiger partial charge on any atom is 0.338 e. The minimum atomic E-state index is -0.664. The number of amides is 1.